The highest BCUT2D eigenvalue weighted by molar-refractivity contribution is 9.10. The van der Waals surface area contributed by atoms with Crippen molar-refractivity contribution >= 4 is 34.2 Å². The molecule has 0 spiro atoms. The van der Waals surface area contributed by atoms with E-state index in [1.54, 1.807) is 6.92 Å². The van der Waals surface area contributed by atoms with E-state index in [9.17, 15) is 4.79 Å². The lowest BCUT2D eigenvalue weighted by Crippen LogP contribution is -2.48. The van der Waals surface area contributed by atoms with E-state index >= 15 is 0 Å². The number of hydrogen-bond donors (Lipinski definition) is 2. The maximum Gasteiger partial charge on any atom is 0.244 e. The Balaban J connectivity index is 0.00000288. The van der Waals surface area contributed by atoms with Gasteiger partial charge in [-0.05, 0) is 31.0 Å². The van der Waals surface area contributed by atoms with Crippen LogP contribution in [0.4, 0.5) is 0 Å². The van der Waals surface area contributed by atoms with Crippen LogP contribution in [0, 0.1) is 0 Å². The number of carbonyl (C=O) groups excluding carboxylic acids is 1. The van der Waals surface area contributed by atoms with Gasteiger partial charge in [-0.2, -0.15) is 0 Å². The van der Waals surface area contributed by atoms with Gasteiger partial charge >= 0.3 is 0 Å². The summed E-state index contributed by atoms with van der Waals surface area (Å²) in [6, 6.07) is 7.44. The Morgan fingerprint density at radius 1 is 1.29 bits per heavy atom. The Hall–Kier alpha value is -1.37. The zero-order chi connectivity index (χ0) is 17.0. The van der Waals surface area contributed by atoms with Crippen molar-refractivity contribution < 1.29 is 9.32 Å². The maximum absolute atomic E-state index is 12.5. The van der Waals surface area contributed by atoms with Crippen molar-refractivity contribution in [3.05, 3.63) is 51.3 Å². The van der Waals surface area contributed by atoms with Gasteiger partial charge in [-0.25, -0.2) is 0 Å². The molecule has 132 valence electrons. The fourth-order valence-corrected chi connectivity index (χ4v) is 2.68. The second-order valence-corrected chi connectivity index (χ2v) is 6.55. The third kappa shape index (κ3) is 4.37. The van der Waals surface area contributed by atoms with Gasteiger partial charge in [-0.1, -0.05) is 47.1 Å². The average Bonchev–Trinajstić information content (AvgIpc) is 2.94. The van der Waals surface area contributed by atoms with Crippen molar-refractivity contribution in [1.29, 1.82) is 0 Å². The van der Waals surface area contributed by atoms with Gasteiger partial charge in [0.25, 0.3) is 0 Å². The van der Waals surface area contributed by atoms with Gasteiger partial charge < -0.3 is 15.6 Å². The topological polar surface area (TPSA) is 81.2 Å². The molecule has 1 aromatic heterocycles. The molecule has 24 heavy (non-hydrogen) atoms. The zero-order valence-corrected chi connectivity index (χ0v) is 16.5. The summed E-state index contributed by atoms with van der Waals surface area (Å²) in [6.07, 6.45) is 1.51. The molecule has 3 N–H and O–H groups in total. The standard InChI is InChI=1S/C17H22BrN3O2.ClH/c1-4-14-13(15(5-2)23-21-14)10-20-16(22)17(3,19)11-6-8-12(18)9-7-11;/h6-9H,4-5,10,19H2,1-3H3,(H,20,22);1H. The molecule has 1 heterocycles. The normalized spacial score (nSPS) is 13.0. The van der Waals surface area contributed by atoms with Crippen molar-refractivity contribution in [3.63, 3.8) is 0 Å². The number of rotatable bonds is 6. The largest absolute Gasteiger partial charge is 0.361 e. The molecule has 0 bridgehead atoms. The summed E-state index contributed by atoms with van der Waals surface area (Å²) >= 11 is 3.38. The zero-order valence-electron chi connectivity index (χ0n) is 14.1. The molecular weight excluding hydrogens is 394 g/mol. The van der Waals surface area contributed by atoms with Crippen LogP contribution in [0.2, 0.25) is 0 Å². The number of benzene rings is 1. The quantitative estimate of drug-likeness (QED) is 0.755. The fraction of sp³-hybridized carbons (Fsp3) is 0.412. The number of amides is 1. The molecule has 1 amide bonds. The summed E-state index contributed by atoms with van der Waals surface area (Å²) in [5.41, 5.74) is 7.74. The summed E-state index contributed by atoms with van der Waals surface area (Å²) in [5.74, 6) is 0.578. The van der Waals surface area contributed by atoms with Gasteiger partial charge in [-0.3, -0.25) is 4.79 Å². The number of aryl methyl sites for hydroxylation is 2. The summed E-state index contributed by atoms with van der Waals surface area (Å²) in [4.78, 5) is 12.5. The molecule has 7 heteroatoms. The van der Waals surface area contributed by atoms with Crippen LogP contribution in [0.1, 0.15) is 43.4 Å². The molecule has 1 unspecified atom stereocenters. The van der Waals surface area contributed by atoms with Gasteiger partial charge in [0.2, 0.25) is 5.91 Å². The summed E-state index contributed by atoms with van der Waals surface area (Å²) in [7, 11) is 0. The van der Waals surface area contributed by atoms with Gasteiger partial charge in [0.1, 0.15) is 11.3 Å². The minimum absolute atomic E-state index is 0. The maximum atomic E-state index is 12.5. The second-order valence-electron chi connectivity index (χ2n) is 5.63. The number of aromatic nitrogens is 1. The van der Waals surface area contributed by atoms with Gasteiger partial charge in [0.05, 0.1) is 5.69 Å². The summed E-state index contributed by atoms with van der Waals surface area (Å²) in [5, 5.41) is 6.96. The first-order valence-corrected chi connectivity index (χ1v) is 8.48. The molecule has 1 aromatic carbocycles. The minimum Gasteiger partial charge on any atom is -0.361 e. The number of hydrogen-bond acceptors (Lipinski definition) is 4. The number of carbonyl (C=O) groups is 1. The molecule has 0 radical (unpaired) electrons. The molecule has 2 rings (SSSR count). The lowest BCUT2D eigenvalue weighted by atomic mass is 9.92. The van der Waals surface area contributed by atoms with Crippen molar-refractivity contribution in [2.24, 2.45) is 5.73 Å². The number of nitrogens with zero attached hydrogens (tertiary/aromatic N) is 1. The predicted molar refractivity (Wildman–Crippen MR) is 100 cm³/mol. The summed E-state index contributed by atoms with van der Waals surface area (Å²) in [6.45, 7) is 6.09. The van der Waals surface area contributed by atoms with Gasteiger partial charge in [0, 0.05) is 23.0 Å². The molecule has 0 fully saturated rings. The van der Waals surface area contributed by atoms with Crippen LogP contribution in [-0.2, 0) is 29.7 Å². The molecule has 0 aliphatic heterocycles. The van der Waals surface area contributed by atoms with Crippen LogP contribution >= 0.6 is 28.3 Å². The Kier molecular flexibility index (Phi) is 7.45. The van der Waals surface area contributed by atoms with Crippen LogP contribution in [0.5, 0.6) is 0 Å². The van der Waals surface area contributed by atoms with Crippen LogP contribution in [-0.4, -0.2) is 11.1 Å². The molecule has 0 saturated carbocycles. The number of nitrogens with two attached hydrogens (primary N) is 1. The third-order valence-corrected chi connectivity index (χ3v) is 4.48. The highest BCUT2D eigenvalue weighted by atomic mass is 79.9. The monoisotopic (exact) mass is 415 g/mol. The van der Waals surface area contributed by atoms with Crippen molar-refractivity contribution in [2.75, 3.05) is 0 Å². The first-order chi connectivity index (χ1) is 10.9. The van der Waals surface area contributed by atoms with E-state index in [1.165, 1.54) is 0 Å². The highest BCUT2D eigenvalue weighted by Crippen LogP contribution is 2.21. The number of halogens is 2. The molecule has 0 aliphatic carbocycles. The predicted octanol–water partition coefficient (Wildman–Crippen LogP) is 3.47. The minimum atomic E-state index is -1.10. The van der Waals surface area contributed by atoms with Crippen LogP contribution in [0.25, 0.3) is 0 Å². The van der Waals surface area contributed by atoms with E-state index in [2.05, 4.69) is 26.4 Å². The van der Waals surface area contributed by atoms with E-state index < -0.39 is 5.54 Å². The van der Waals surface area contributed by atoms with Crippen LogP contribution < -0.4 is 11.1 Å². The fourth-order valence-electron chi connectivity index (χ4n) is 2.42. The molecule has 2 aromatic rings. The Labute approximate surface area is 156 Å². The third-order valence-electron chi connectivity index (χ3n) is 3.95. The first-order valence-electron chi connectivity index (χ1n) is 7.69. The lowest BCUT2D eigenvalue weighted by Gasteiger charge is -2.24. The lowest BCUT2D eigenvalue weighted by molar-refractivity contribution is -0.126. The summed E-state index contributed by atoms with van der Waals surface area (Å²) < 4.78 is 6.26. The molecule has 0 saturated heterocycles. The Morgan fingerprint density at radius 2 is 1.92 bits per heavy atom. The average molecular weight is 417 g/mol. The SMILES string of the molecule is CCc1noc(CC)c1CNC(=O)C(C)(N)c1ccc(Br)cc1.Cl. The Bertz CT molecular complexity index is 662. The van der Waals surface area contributed by atoms with E-state index in [1.807, 2.05) is 38.1 Å². The molecular formula is C17H23BrClN3O2. The molecule has 0 aliphatic rings. The van der Waals surface area contributed by atoms with E-state index in [0.29, 0.717) is 6.54 Å². The second kappa shape index (κ2) is 8.65. The van der Waals surface area contributed by atoms with Crippen molar-refractivity contribution in [1.82, 2.24) is 10.5 Å². The Morgan fingerprint density at radius 3 is 2.46 bits per heavy atom. The first kappa shape index (κ1) is 20.7. The van der Waals surface area contributed by atoms with Gasteiger partial charge in [0.15, 0.2) is 0 Å². The number of nitrogens with one attached hydrogen (secondary N) is 1. The van der Waals surface area contributed by atoms with Crippen molar-refractivity contribution in [3.8, 4) is 0 Å². The van der Waals surface area contributed by atoms with E-state index in [4.69, 9.17) is 10.3 Å². The molecule has 1 atom stereocenters. The van der Waals surface area contributed by atoms with Crippen LogP contribution in [0.15, 0.2) is 33.3 Å². The highest BCUT2D eigenvalue weighted by Gasteiger charge is 2.30. The van der Waals surface area contributed by atoms with E-state index in [0.717, 1.165) is 39.9 Å². The van der Waals surface area contributed by atoms with Crippen molar-refractivity contribution in [2.45, 2.75) is 45.7 Å². The van der Waals surface area contributed by atoms with Crippen LogP contribution in [0.3, 0.4) is 0 Å². The molecule has 5 nitrogen and oxygen atoms in total. The van der Waals surface area contributed by atoms with Gasteiger partial charge in [-0.15, -0.1) is 12.4 Å². The van der Waals surface area contributed by atoms with E-state index in [-0.39, 0.29) is 18.3 Å². The smallest absolute Gasteiger partial charge is 0.244 e.